The van der Waals surface area contributed by atoms with Crippen LogP contribution in [0.15, 0.2) is 52.7 Å². The molecule has 4 nitrogen and oxygen atoms in total. The monoisotopic (exact) mass is 442 g/mol. The Morgan fingerprint density at radius 2 is 1.97 bits per heavy atom. The number of thioether (sulfide) groups is 1. The third kappa shape index (κ3) is 7.18. The number of ether oxygens (including phenoxy) is 1. The van der Waals surface area contributed by atoms with Gasteiger partial charge in [-0.15, -0.1) is 11.3 Å². The molecule has 1 aromatic heterocycles. The van der Waals surface area contributed by atoms with Crippen molar-refractivity contribution < 1.29 is 22.7 Å². The second-order valence-electron chi connectivity index (χ2n) is 6.37. The quantitative estimate of drug-likeness (QED) is 0.504. The highest BCUT2D eigenvalue weighted by atomic mass is 32.2. The van der Waals surface area contributed by atoms with E-state index in [-0.39, 0.29) is 28.6 Å². The van der Waals surface area contributed by atoms with Gasteiger partial charge in [0, 0.05) is 35.5 Å². The highest BCUT2D eigenvalue weighted by molar-refractivity contribution is 8.00. The molecule has 1 N–H and O–H groups in total. The van der Waals surface area contributed by atoms with Gasteiger partial charge < -0.3 is 10.1 Å². The molecule has 3 rings (SSSR count). The molecule has 0 bridgehead atoms. The number of nitrogens with one attached hydrogen (secondary N) is 1. The zero-order valence-electron chi connectivity index (χ0n) is 15.5. The number of amides is 1. The van der Waals surface area contributed by atoms with Crippen LogP contribution in [0.25, 0.3) is 6.08 Å². The molecular weight excluding hydrogens is 421 g/mol. The molecule has 0 spiro atoms. The minimum atomic E-state index is -4.31. The van der Waals surface area contributed by atoms with Crippen LogP contribution >= 0.6 is 23.1 Å². The average Bonchev–Trinajstić information content (AvgIpc) is 3.22. The number of nitrogens with zero attached hydrogens (tertiary/aromatic N) is 1. The first-order valence-electron chi connectivity index (χ1n) is 9.08. The third-order valence-electron chi connectivity index (χ3n) is 4.37. The van der Waals surface area contributed by atoms with Crippen molar-refractivity contribution in [1.29, 1.82) is 0 Å². The van der Waals surface area contributed by atoms with Crippen LogP contribution in [-0.2, 0) is 9.53 Å². The second-order valence-corrected chi connectivity index (χ2v) is 8.49. The van der Waals surface area contributed by atoms with Crippen LogP contribution in [0, 0.1) is 0 Å². The standard InChI is InChI=1S/C20H21F3N2O2S2/c21-20(22,23)29-16-6-3-15(4-7-16)5-8-19(26)24-14-17(18-2-1-13-28-18)25-9-11-27-12-10-25/h1-8,13,17H,9-12,14H2,(H,24,26)/b8-5+. The van der Waals surface area contributed by atoms with E-state index in [1.165, 1.54) is 23.1 Å². The Morgan fingerprint density at radius 3 is 2.59 bits per heavy atom. The number of alkyl halides is 3. The van der Waals surface area contributed by atoms with Gasteiger partial charge in [-0.3, -0.25) is 9.69 Å². The van der Waals surface area contributed by atoms with Crippen LogP contribution in [-0.4, -0.2) is 49.2 Å². The lowest BCUT2D eigenvalue weighted by molar-refractivity contribution is -0.116. The molecular formula is C20H21F3N2O2S2. The highest BCUT2D eigenvalue weighted by Crippen LogP contribution is 2.36. The molecule has 2 aromatic rings. The van der Waals surface area contributed by atoms with Crippen molar-refractivity contribution in [2.45, 2.75) is 16.4 Å². The smallest absolute Gasteiger partial charge is 0.379 e. The number of carbonyl (C=O) groups is 1. The maximum absolute atomic E-state index is 12.4. The van der Waals surface area contributed by atoms with Gasteiger partial charge >= 0.3 is 5.51 Å². The molecule has 156 valence electrons. The molecule has 0 radical (unpaired) electrons. The Morgan fingerprint density at radius 1 is 1.24 bits per heavy atom. The van der Waals surface area contributed by atoms with Gasteiger partial charge in [0.15, 0.2) is 0 Å². The summed E-state index contributed by atoms with van der Waals surface area (Å²) in [5.74, 6) is -0.242. The minimum Gasteiger partial charge on any atom is -0.379 e. The summed E-state index contributed by atoms with van der Waals surface area (Å²) in [5, 5.41) is 4.95. The molecule has 1 saturated heterocycles. The molecule has 1 fully saturated rings. The van der Waals surface area contributed by atoms with E-state index in [1.807, 2.05) is 11.4 Å². The van der Waals surface area contributed by atoms with Crippen LogP contribution < -0.4 is 5.32 Å². The lowest BCUT2D eigenvalue weighted by atomic mass is 10.2. The minimum absolute atomic E-state index is 0.0925. The first-order chi connectivity index (χ1) is 13.9. The first kappa shape index (κ1) is 21.9. The maximum atomic E-state index is 12.4. The topological polar surface area (TPSA) is 41.6 Å². The van der Waals surface area contributed by atoms with Crippen LogP contribution in [0.5, 0.6) is 0 Å². The molecule has 0 aliphatic carbocycles. The number of rotatable bonds is 7. The number of hydrogen-bond donors (Lipinski definition) is 1. The lowest BCUT2D eigenvalue weighted by Gasteiger charge is -2.34. The number of benzene rings is 1. The summed E-state index contributed by atoms with van der Waals surface area (Å²) in [6, 6.07) is 10.0. The molecule has 1 aliphatic heterocycles. The summed E-state index contributed by atoms with van der Waals surface area (Å²) in [7, 11) is 0. The van der Waals surface area contributed by atoms with Gasteiger partial charge in [-0.25, -0.2) is 0 Å². The third-order valence-corrected chi connectivity index (χ3v) is 6.08. The Bertz CT molecular complexity index is 802. The van der Waals surface area contributed by atoms with Gasteiger partial charge in [-0.2, -0.15) is 13.2 Å². The number of thiophene rings is 1. The largest absolute Gasteiger partial charge is 0.446 e. The van der Waals surface area contributed by atoms with Gasteiger partial charge in [-0.05, 0) is 47.0 Å². The van der Waals surface area contributed by atoms with E-state index < -0.39 is 5.51 Å². The first-order valence-corrected chi connectivity index (χ1v) is 10.8. The van der Waals surface area contributed by atoms with E-state index in [9.17, 15) is 18.0 Å². The number of carbonyl (C=O) groups excluding carboxylic acids is 1. The molecule has 2 heterocycles. The van der Waals surface area contributed by atoms with Gasteiger partial charge in [0.1, 0.15) is 0 Å². The Balaban J connectivity index is 1.55. The molecule has 9 heteroatoms. The molecule has 1 unspecified atom stereocenters. The SMILES string of the molecule is O=C(/C=C/c1ccc(SC(F)(F)F)cc1)NCC(c1cccs1)N1CCOCC1. The summed E-state index contributed by atoms with van der Waals surface area (Å²) in [6.45, 7) is 3.47. The Kier molecular flexibility index (Phi) is 7.77. The number of morpholine rings is 1. The van der Waals surface area contributed by atoms with Gasteiger partial charge in [0.25, 0.3) is 0 Å². The molecule has 1 atom stereocenters. The zero-order chi connectivity index (χ0) is 20.7. The second kappa shape index (κ2) is 10.3. The van der Waals surface area contributed by atoms with Crippen molar-refractivity contribution in [1.82, 2.24) is 10.2 Å². The fourth-order valence-electron chi connectivity index (χ4n) is 2.99. The summed E-state index contributed by atoms with van der Waals surface area (Å²) in [6.07, 6.45) is 2.99. The van der Waals surface area contributed by atoms with Crippen LogP contribution in [0.4, 0.5) is 13.2 Å². The van der Waals surface area contributed by atoms with E-state index in [4.69, 9.17) is 4.74 Å². The van der Waals surface area contributed by atoms with Gasteiger partial charge in [-0.1, -0.05) is 18.2 Å². The van der Waals surface area contributed by atoms with Crippen molar-refractivity contribution in [2.24, 2.45) is 0 Å². The van der Waals surface area contributed by atoms with Crippen molar-refractivity contribution in [3.05, 3.63) is 58.3 Å². The van der Waals surface area contributed by atoms with E-state index >= 15 is 0 Å². The van der Waals surface area contributed by atoms with Crippen molar-refractivity contribution in [2.75, 3.05) is 32.8 Å². The van der Waals surface area contributed by atoms with E-state index in [1.54, 1.807) is 29.5 Å². The normalized spacial score (nSPS) is 16.8. The molecule has 1 amide bonds. The van der Waals surface area contributed by atoms with E-state index in [0.717, 1.165) is 13.1 Å². The van der Waals surface area contributed by atoms with Gasteiger partial charge in [0.05, 0.1) is 19.3 Å². The number of hydrogen-bond acceptors (Lipinski definition) is 5. The molecule has 1 aromatic carbocycles. The van der Waals surface area contributed by atoms with E-state index in [2.05, 4.69) is 16.3 Å². The Hall–Kier alpha value is -1.81. The highest BCUT2D eigenvalue weighted by Gasteiger charge is 2.29. The van der Waals surface area contributed by atoms with Crippen LogP contribution in [0.3, 0.4) is 0 Å². The summed E-state index contributed by atoms with van der Waals surface area (Å²) >= 11 is 1.50. The Labute approximate surface area is 175 Å². The number of halogens is 3. The van der Waals surface area contributed by atoms with E-state index in [0.29, 0.717) is 25.3 Å². The van der Waals surface area contributed by atoms with Crippen molar-refractivity contribution in [3.8, 4) is 0 Å². The zero-order valence-corrected chi connectivity index (χ0v) is 17.2. The predicted octanol–water partition coefficient (Wildman–Crippen LogP) is 4.56. The summed E-state index contributed by atoms with van der Waals surface area (Å²) in [5.41, 5.74) is -3.65. The van der Waals surface area contributed by atoms with Gasteiger partial charge in [0.2, 0.25) is 5.91 Å². The lowest BCUT2D eigenvalue weighted by Crippen LogP contribution is -2.43. The summed E-state index contributed by atoms with van der Waals surface area (Å²) in [4.78, 5) is 15.8. The van der Waals surface area contributed by atoms with Crippen LogP contribution in [0.2, 0.25) is 0 Å². The summed E-state index contributed by atoms with van der Waals surface area (Å²) < 4.78 is 42.5. The average molecular weight is 443 g/mol. The predicted molar refractivity (Wildman–Crippen MR) is 110 cm³/mol. The van der Waals surface area contributed by atoms with Crippen molar-refractivity contribution in [3.63, 3.8) is 0 Å². The van der Waals surface area contributed by atoms with Crippen molar-refractivity contribution >= 4 is 35.1 Å². The fraction of sp³-hybridized carbons (Fsp3) is 0.350. The molecule has 1 aliphatic rings. The fourth-order valence-corrected chi connectivity index (χ4v) is 4.39. The molecule has 29 heavy (non-hydrogen) atoms. The molecule has 0 saturated carbocycles. The van der Waals surface area contributed by atoms with Crippen LogP contribution in [0.1, 0.15) is 16.5 Å². The maximum Gasteiger partial charge on any atom is 0.446 e.